The van der Waals surface area contributed by atoms with Crippen LogP contribution in [0.5, 0.6) is 0 Å². The Bertz CT molecular complexity index is 1850. The van der Waals surface area contributed by atoms with E-state index in [0.29, 0.717) is 45.3 Å². The van der Waals surface area contributed by atoms with Crippen LogP contribution < -0.4 is 31.9 Å². The van der Waals surface area contributed by atoms with E-state index in [4.69, 9.17) is 0 Å². The summed E-state index contributed by atoms with van der Waals surface area (Å²) in [5, 5.41) is 17.2. The van der Waals surface area contributed by atoms with Gasteiger partial charge in [0.1, 0.15) is 0 Å². The minimum absolute atomic E-state index is 0.0321. The summed E-state index contributed by atoms with van der Waals surface area (Å²) in [4.78, 5) is 53.0. The molecule has 5 aromatic rings. The van der Waals surface area contributed by atoms with Gasteiger partial charge in [0.25, 0.3) is 11.8 Å². The number of urea groups is 2. The molecule has 254 valence electrons. The van der Waals surface area contributed by atoms with Crippen LogP contribution in [-0.2, 0) is 0 Å². The highest BCUT2D eigenvalue weighted by atomic mass is 16.2. The van der Waals surface area contributed by atoms with E-state index in [1.165, 1.54) is 0 Å². The fourth-order valence-corrected chi connectivity index (χ4v) is 5.38. The summed E-state index contributed by atoms with van der Waals surface area (Å²) < 4.78 is 0. The molecule has 10 heteroatoms. The van der Waals surface area contributed by atoms with Crippen LogP contribution in [0.25, 0.3) is 0 Å². The topological polar surface area (TPSA) is 140 Å². The molecule has 0 aromatic heterocycles. The summed E-state index contributed by atoms with van der Waals surface area (Å²) in [6, 6.07) is 34.2. The van der Waals surface area contributed by atoms with E-state index in [2.05, 4.69) is 31.9 Å². The lowest BCUT2D eigenvalue weighted by Gasteiger charge is -2.22. The zero-order chi connectivity index (χ0) is 35.6. The van der Waals surface area contributed by atoms with Crippen molar-refractivity contribution in [2.75, 3.05) is 31.9 Å². The van der Waals surface area contributed by atoms with Crippen LogP contribution in [0.15, 0.2) is 121 Å². The molecule has 50 heavy (non-hydrogen) atoms. The molecule has 0 radical (unpaired) electrons. The molecular formula is C40H40N6O4. The smallest absolute Gasteiger partial charge is 0.322 e. The average Bonchev–Trinajstić information content (AvgIpc) is 3.09. The molecule has 0 fully saturated rings. The number of nitrogens with one attached hydrogen (secondary N) is 6. The van der Waals surface area contributed by atoms with Crippen molar-refractivity contribution in [3.8, 4) is 0 Å². The molecule has 10 nitrogen and oxygen atoms in total. The monoisotopic (exact) mass is 668 g/mol. The summed E-state index contributed by atoms with van der Waals surface area (Å²) in [7, 11) is 0. The van der Waals surface area contributed by atoms with Crippen LogP contribution in [0.1, 0.15) is 71.4 Å². The normalized spacial score (nSPS) is 10.7. The van der Waals surface area contributed by atoms with Crippen LogP contribution in [0.2, 0.25) is 0 Å². The van der Waals surface area contributed by atoms with Crippen LogP contribution in [0.3, 0.4) is 0 Å². The van der Waals surface area contributed by atoms with E-state index < -0.39 is 12.1 Å². The first-order valence-corrected chi connectivity index (χ1v) is 16.3. The maximum absolute atomic E-state index is 13.4. The van der Waals surface area contributed by atoms with E-state index in [-0.39, 0.29) is 23.7 Å². The van der Waals surface area contributed by atoms with Crippen molar-refractivity contribution in [3.05, 3.63) is 144 Å². The second-order valence-electron chi connectivity index (χ2n) is 12.2. The number of hydrogen-bond donors (Lipinski definition) is 6. The average molecular weight is 669 g/mol. The van der Waals surface area contributed by atoms with Crippen molar-refractivity contribution in [2.45, 2.75) is 39.5 Å². The van der Waals surface area contributed by atoms with Gasteiger partial charge < -0.3 is 31.9 Å². The molecule has 0 spiro atoms. The molecule has 6 amide bonds. The molecule has 6 N–H and O–H groups in total. The molecule has 0 bridgehead atoms. The molecule has 0 saturated heterocycles. The molecule has 0 aliphatic rings. The van der Waals surface area contributed by atoms with E-state index in [9.17, 15) is 19.2 Å². The van der Waals surface area contributed by atoms with E-state index in [1.807, 2.05) is 70.2 Å². The lowest BCUT2D eigenvalue weighted by atomic mass is 9.92. The van der Waals surface area contributed by atoms with Gasteiger partial charge in [-0.05, 0) is 77.6 Å². The van der Waals surface area contributed by atoms with Crippen molar-refractivity contribution in [3.63, 3.8) is 0 Å². The Morgan fingerprint density at radius 2 is 0.740 bits per heavy atom. The van der Waals surface area contributed by atoms with Gasteiger partial charge >= 0.3 is 12.1 Å². The molecule has 0 saturated carbocycles. The number of anilines is 6. The first-order valence-electron chi connectivity index (χ1n) is 16.3. The zero-order valence-corrected chi connectivity index (χ0v) is 28.3. The Labute approximate surface area is 291 Å². The van der Waals surface area contributed by atoms with Crippen molar-refractivity contribution >= 4 is 58.0 Å². The number of amides is 6. The molecule has 0 aliphatic carbocycles. The lowest BCUT2D eigenvalue weighted by Crippen LogP contribution is -2.25. The number of para-hydroxylation sites is 4. The molecule has 0 aliphatic heterocycles. The van der Waals surface area contributed by atoms with Crippen molar-refractivity contribution in [2.24, 2.45) is 0 Å². The van der Waals surface area contributed by atoms with Crippen molar-refractivity contribution < 1.29 is 19.2 Å². The maximum Gasteiger partial charge on any atom is 0.323 e. The Hall–Kier alpha value is -6.42. The predicted molar refractivity (Wildman–Crippen MR) is 202 cm³/mol. The minimum atomic E-state index is -0.557. The second-order valence-corrected chi connectivity index (χ2v) is 12.2. The second kappa shape index (κ2) is 16.1. The van der Waals surface area contributed by atoms with Crippen molar-refractivity contribution in [1.29, 1.82) is 0 Å². The first-order chi connectivity index (χ1) is 24.1. The van der Waals surface area contributed by atoms with E-state index in [0.717, 1.165) is 11.1 Å². The number of benzene rings is 5. The quantitative estimate of drug-likeness (QED) is 0.0881. The maximum atomic E-state index is 13.4. The molecule has 0 atom stereocenters. The third-order valence-electron chi connectivity index (χ3n) is 7.87. The third kappa shape index (κ3) is 8.93. The number of rotatable bonds is 10. The summed E-state index contributed by atoms with van der Waals surface area (Å²) in [6.45, 7) is 8.07. The minimum Gasteiger partial charge on any atom is -0.322 e. The highest BCUT2D eigenvalue weighted by Gasteiger charge is 2.20. The van der Waals surface area contributed by atoms with Crippen LogP contribution in [0, 0.1) is 0 Å². The molecule has 0 heterocycles. The molecule has 0 unspecified atom stereocenters. The standard InChI is InChI=1S/C40H40N6O4/c1-25(2)31-23-32(26(3)4)36(46-40(50)44-34-22-14-12-20-30(34)38(48)42-28-17-9-6-10-18-28)24-35(31)45-39(49)43-33-21-13-11-19-29(33)37(47)41-27-15-7-5-8-16-27/h5-26H,1-4H3,(H,41,47)(H,42,48)(H2,43,45,49)(H2,44,46,50). The Kier molecular flexibility index (Phi) is 11.3. The number of carbonyl (C=O) groups is 4. The Morgan fingerprint density at radius 3 is 1.12 bits per heavy atom. The van der Waals surface area contributed by atoms with Crippen molar-refractivity contribution in [1.82, 2.24) is 0 Å². The Morgan fingerprint density at radius 1 is 0.400 bits per heavy atom. The summed E-state index contributed by atoms with van der Waals surface area (Å²) in [5.74, 6) is -0.671. The zero-order valence-electron chi connectivity index (χ0n) is 28.3. The van der Waals surface area contributed by atoms with Gasteiger partial charge in [-0.15, -0.1) is 0 Å². The highest BCUT2D eigenvalue weighted by molar-refractivity contribution is 6.13. The number of hydrogen-bond acceptors (Lipinski definition) is 4. The van der Waals surface area contributed by atoms with E-state index >= 15 is 0 Å². The lowest BCUT2D eigenvalue weighted by molar-refractivity contribution is 0.101. The SMILES string of the molecule is CC(C)c1cc(C(C)C)c(NC(=O)Nc2ccccc2C(=O)Nc2ccccc2)cc1NC(=O)Nc1ccccc1C(=O)Nc1ccccc1. The first kappa shape index (κ1) is 34.9. The highest BCUT2D eigenvalue weighted by Crippen LogP contribution is 2.35. The van der Waals surface area contributed by atoms with Gasteiger partial charge in [-0.1, -0.05) is 94.4 Å². The molecule has 5 aromatic carbocycles. The van der Waals surface area contributed by atoms with Crippen LogP contribution >= 0.6 is 0 Å². The predicted octanol–water partition coefficient (Wildman–Crippen LogP) is 9.73. The summed E-state index contributed by atoms with van der Waals surface area (Å²) >= 11 is 0. The summed E-state index contributed by atoms with van der Waals surface area (Å²) in [5.41, 5.74) is 5.23. The summed E-state index contributed by atoms with van der Waals surface area (Å²) in [6.07, 6.45) is 0. The fraction of sp³-hybridized carbons (Fsp3) is 0.150. The van der Waals surface area contributed by atoms with Gasteiger partial charge in [0, 0.05) is 22.7 Å². The molecule has 5 rings (SSSR count). The fourth-order valence-electron chi connectivity index (χ4n) is 5.38. The van der Waals surface area contributed by atoms with Crippen LogP contribution in [-0.4, -0.2) is 23.9 Å². The van der Waals surface area contributed by atoms with Gasteiger partial charge in [0.2, 0.25) is 0 Å². The van der Waals surface area contributed by atoms with Gasteiger partial charge in [-0.3, -0.25) is 9.59 Å². The van der Waals surface area contributed by atoms with Gasteiger partial charge in [0.15, 0.2) is 0 Å². The Balaban J connectivity index is 1.35. The number of carbonyl (C=O) groups excluding carboxylic acids is 4. The van der Waals surface area contributed by atoms with Gasteiger partial charge in [0.05, 0.1) is 22.5 Å². The largest absolute Gasteiger partial charge is 0.323 e. The van der Waals surface area contributed by atoms with Gasteiger partial charge in [-0.25, -0.2) is 9.59 Å². The van der Waals surface area contributed by atoms with E-state index in [1.54, 1.807) is 78.9 Å². The van der Waals surface area contributed by atoms with Gasteiger partial charge in [-0.2, -0.15) is 0 Å². The molecular weight excluding hydrogens is 628 g/mol. The third-order valence-corrected chi connectivity index (χ3v) is 7.87. The van der Waals surface area contributed by atoms with Crippen LogP contribution in [0.4, 0.5) is 43.7 Å².